The summed E-state index contributed by atoms with van der Waals surface area (Å²) >= 11 is 0. The Morgan fingerprint density at radius 1 is 0.829 bits per heavy atom. The van der Waals surface area contributed by atoms with Gasteiger partial charge in [0.25, 0.3) is 0 Å². The molecule has 1 aromatic heterocycles. The topological polar surface area (TPSA) is 336 Å². The molecule has 8 amide bonds. The van der Waals surface area contributed by atoms with Crippen molar-refractivity contribution in [1.82, 2.24) is 42.2 Å². The summed E-state index contributed by atoms with van der Waals surface area (Å²) < 4.78 is 5.42. The summed E-state index contributed by atoms with van der Waals surface area (Å²) in [5.41, 5.74) is 18.8. The number of aromatic nitrogens is 1. The van der Waals surface area contributed by atoms with E-state index in [-0.39, 0.29) is 101 Å². The number of ether oxygens (including phenoxy) is 1. The monoisotopic (exact) mass is 1050 g/mol. The Labute approximate surface area is 444 Å². The summed E-state index contributed by atoms with van der Waals surface area (Å²) in [6.07, 6.45) is 15.7. The Bertz CT molecular complexity index is 2510. The Morgan fingerprint density at radius 2 is 1.54 bits per heavy atom. The Kier molecular flexibility index (Phi) is 21.2. The van der Waals surface area contributed by atoms with Gasteiger partial charge < -0.3 is 64.1 Å². The zero-order valence-corrected chi connectivity index (χ0v) is 44.1. The number of carbonyl (C=O) groups excluding carboxylic acids is 8. The molecule has 1 saturated heterocycles. The number of primary amides is 1. The molecular weight excluding hydrogens is 973 g/mol. The standard InChI is InChI=1S/C55H78N12O9/c1-4-45(68)62-42-22-23-46(69)59-28-9-8-16-40(48(56)70)63-51(73)44(31-37-32-61-47-33(2)12-10-15-39(37)47)65-49(71)41(17-11-29-60-54(57)58)64-50(72)43(30-34-13-6-5-7-14-34)66-53(75)55(67-52(42)74)26-24-36(25-27-55)35-18-20-38(76-3)21-19-35/h5-7,10,13-15,18,20-21,32-33,35-36,40-44,61H,4,8-9,11-12,16-17,19,22-31H2,1-3H3,(H2,56,70)(H,59,69)(H,62,68)(H,63,73)(H,64,72)(H,65,71)(H,66,75)(H,67,74)(H4,57,58,60)/t33?,35?,36?,40-,41-,42-,43+,44-,55?/m0/s1. The summed E-state index contributed by atoms with van der Waals surface area (Å²) in [5, 5.41) is 20.1. The van der Waals surface area contributed by atoms with Gasteiger partial charge >= 0.3 is 0 Å². The molecule has 2 heterocycles. The Balaban J connectivity index is 1.37. The van der Waals surface area contributed by atoms with E-state index in [1.165, 1.54) is 0 Å². The lowest BCUT2D eigenvalue weighted by Crippen LogP contribution is -2.66. The van der Waals surface area contributed by atoms with E-state index in [9.17, 15) is 33.6 Å². The molecule has 4 aliphatic rings. The summed E-state index contributed by atoms with van der Waals surface area (Å²) in [6.45, 7) is 4.01. The van der Waals surface area contributed by atoms with Gasteiger partial charge in [-0.15, -0.1) is 0 Å². The van der Waals surface area contributed by atoms with Crippen molar-refractivity contribution >= 4 is 59.3 Å². The molecule has 7 atom stereocenters. The van der Waals surface area contributed by atoms with Gasteiger partial charge in [0, 0.05) is 56.6 Å². The minimum Gasteiger partial charge on any atom is -0.497 e. The zero-order chi connectivity index (χ0) is 54.8. The molecule has 2 unspecified atom stereocenters. The highest BCUT2D eigenvalue weighted by molar-refractivity contribution is 5.99. The number of H-pyrrole nitrogens is 1. The van der Waals surface area contributed by atoms with Gasteiger partial charge in [-0.1, -0.05) is 62.4 Å². The lowest BCUT2D eigenvalue weighted by molar-refractivity contribution is -0.140. The second-order valence-corrected chi connectivity index (χ2v) is 20.5. The highest BCUT2D eigenvalue weighted by Gasteiger charge is 2.46. The fourth-order valence-corrected chi connectivity index (χ4v) is 10.5. The van der Waals surface area contributed by atoms with Gasteiger partial charge in [-0.2, -0.15) is 0 Å². The fraction of sp³-hybridized carbons (Fsp3) is 0.545. The molecule has 14 N–H and O–H groups in total. The summed E-state index contributed by atoms with van der Waals surface area (Å²) in [5.74, 6) is -4.03. The first kappa shape index (κ1) is 57.8. The van der Waals surface area contributed by atoms with Crippen LogP contribution in [0.1, 0.15) is 132 Å². The smallest absolute Gasteiger partial charge is 0.246 e. The predicted molar refractivity (Wildman–Crippen MR) is 287 cm³/mol. The van der Waals surface area contributed by atoms with Gasteiger partial charge in [0.2, 0.25) is 47.3 Å². The molecule has 412 valence electrons. The van der Waals surface area contributed by atoms with E-state index in [1.807, 2.05) is 30.4 Å². The molecule has 3 aliphatic carbocycles. The van der Waals surface area contributed by atoms with Crippen molar-refractivity contribution < 1.29 is 43.1 Å². The number of aromatic amines is 1. The average Bonchev–Trinajstić information content (AvgIpc) is 3.83. The maximum atomic E-state index is 15.2. The van der Waals surface area contributed by atoms with Crippen molar-refractivity contribution in [3.05, 3.63) is 89.0 Å². The molecular formula is C55H78N12O9. The lowest BCUT2D eigenvalue weighted by atomic mass is 9.70. The Morgan fingerprint density at radius 3 is 2.22 bits per heavy atom. The van der Waals surface area contributed by atoms with E-state index in [4.69, 9.17) is 21.9 Å². The van der Waals surface area contributed by atoms with Gasteiger partial charge in [0.15, 0.2) is 5.96 Å². The van der Waals surface area contributed by atoms with Crippen LogP contribution in [0.4, 0.5) is 0 Å². The molecule has 21 nitrogen and oxygen atoms in total. The number of nitrogens with zero attached hydrogens (tertiary/aromatic N) is 1. The molecule has 2 fully saturated rings. The highest BCUT2D eigenvalue weighted by atomic mass is 16.5. The number of rotatable bonds is 13. The number of nitrogens with one attached hydrogen (secondary N) is 8. The van der Waals surface area contributed by atoms with Crippen molar-refractivity contribution in [1.29, 1.82) is 0 Å². The van der Waals surface area contributed by atoms with Crippen LogP contribution in [0.25, 0.3) is 6.08 Å². The van der Waals surface area contributed by atoms with Gasteiger partial charge in [0.1, 0.15) is 41.5 Å². The van der Waals surface area contributed by atoms with Crippen molar-refractivity contribution in [2.75, 3.05) is 20.2 Å². The van der Waals surface area contributed by atoms with Crippen LogP contribution in [0, 0.1) is 11.8 Å². The Hall–Kier alpha value is -7.45. The molecule has 2 aromatic rings. The van der Waals surface area contributed by atoms with Crippen LogP contribution in [0.15, 0.2) is 71.6 Å². The number of aliphatic imine (C=N–C) groups is 1. The van der Waals surface area contributed by atoms with Crippen LogP contribution in [-0.4, -0.2) is 114 Å². The van der Waals surface area contributed by atoms with E-state index in [1.54, 1.807) is 44.5 Å². The number of hydrogen-bond acceptors (Lipinski definition) is 10. The van der Waals surface area contributed by atoms with E-state index >= 15 is 4.79 Å². The summed E-state index contributed by atoms with van der Waals surface area (Å²) in [4.78, 5) is 120. The second kappa shape index (κ2) is 27.9. The van der Waals surface area contributed by atoms with Crippen LogP contribution < -0.4 is 54.4 Å². The predicted octanol–water partition coefficient (Wildman–Crippen LogP) is 1.93. The average molecular weight is 1050 g/mol. The number of hydrogen-bond donors (Lipinski definition) is 11. The van der Waals surface area contributed by atoms with Gasteiger partial charge in [0.05, 0.1) is 7.11 Å². The number of benzene rings is 1. The summed E-state index contributed by atoms with van der Waals surface area (Å²) in [6, 6.07) is 2.76. The minimum absolute atomic E-state index is 0.00109. The number of carbonyl (C=O) groups is 8. The molecule has 0 radical (unpaired) electrons. The molecule has 1 saturated carbocycles. The first-order valence-corrected chi connectivity index (χ1v) is 26.8. The maximum Gasteiger partial charge on any atom is 0.246 e. The molecule has 76 heavy (non-hydrogen) atoms. The van der Waals surface area contributed by atoms with Gasteiger partial charge in [-0.05, 0) is 118 Å². The van der Waals surface area contributed by atoms with Crippen LogP contribution in [0.3, 0.4) is 0 Å². The molecule has 6 rings (SSSR count). The van der Waals surface area contributed by atoms with E-state index in [0.29, 0.717) is 31.2 Å². The second-order valence-electron chi connectivity index (χ2n) is 20.5. The third-order valence-corrected chi connectivity index (χ3v) is 15.0. The molecule has 1 aromatic carbocycles. The number of nitrogens with two attached hydrogens (primary N) is 3. The molecule has 1 aliphatic heterocycles. The normalized spacial score (nSPS) is 27.4. The van der Waals surface area contributed by atoms with E-state index in [2.05, 4.69) is 60.2 Å². The number of amides is 8. The fourth-order valence-electron chi connectivity index (χ4n) is 10.5. The zero-order valence-electron chi connectivity index (χ0n) is 44.1. The van der Waals surface area contributed by atoms with Crippen LogP contribution in [0.2, 0.25) is 0 Å². The highest BCUT2D eigenvalue weighted by Crippen LogP contribution is 2.40. The van der Waals surface area contributed by atoms with Crippen LogP contribution >= 0.6 is 0 Å². The van der Waals surface area contributed by atoms with Crippen molar-refractivity contribution in [3.8, 4) is 0 Å². The van der Waals surface area contributed by atoms with Gasteiger partial charge in [-0.3, -0.25) is 43.3 Å². The minimum atomic E-state index is -1.56. The van der Waals surface area contributed by atoms with Crippen molar-refractivity contribution in [2.45, 2.75) is 158 Å². The van der Waals surface area contributed by atoms with E-state index in [0.717, 1.165) is 35.4 Å². The number of guanidine groups is 1. The third-order valence-electron chi connectivity index (χ3n) is 15.0. The summed E-state index contributed by atoms with van der Waals surface area (Å²) in [7, 11) is 1.61. The quantitative estimate of drug-likeness (QED) is 0.0782. The van der Waals surface area contributed by atoms with Crippen LogP contribution in [-0.2, 0) is 55.9 Å². The number of methoxy groups -OCH3 is 1. The number of fused-ring (bicyclic) bond motifs is 1. The third kappa shape index (κ3) is 16.3. The molecule has 0 bridgehead atoms. The maximum absolute atomic E-state index is 15.2. The molecule has 1 spiro atoms. The number of allylic oxidation sites excluding steroid dienone is 4. The SMILES string of the molecule is CCC(=O)N[C@H]1CCC(=O)NCCCC[C@@H](C(N)=O)NC(=O)[C@H](Cc2c[nH]c3c2C=CCC3C)NC(=O)[C@H](CCCN=C(N)N)NC(=O)[C@@H](Cc2ccccc2)NC(=O)C2(CCC(C3C=CC(OC)=CC3)CC2)NC1=O. The van der Waals surface area contributed by atoms with Crippen molar-refractivity contribution in [3.63, 3.8) is 0 Å². The first-order valence-electron chi connectivity index (χ1n) is 26.8. The van der Waals surface area contributed by atoms with Crippen LogP contribution in [0.5, 0.6) is 0 Å². The van der Waals surface area contributed by atoms with Crippen molar-refractivity contribution in [2.24, 2.45) is 34.0 Å². The van der Waals surface area contributed by atoms with Gasteiger partial charge in [-0.25, -0.2) is 0 Å². The largest absolute Gasteiger partial charge is 0.497 e. The van der Waals surface area contributed by atoms with E-state index < -0.39 is 83.0 Å². The molecule has 21 heteroatoms. The lowest BCUT2D eigenvalue weighted by Gasteiger charge is -2.42. The first-order chi connectivity index (χ1) is 36.5.